The van der Waals surface area contributed by atoms with Gasteiger partial charge < -0.3 is 68.7 Å². The summed E-state index contributed by atoms with van der Waals surface area (Å²) in [4.78, 5) is 103. The molecule has 10 amide bonds. The second-order valence-electron chi connectivity index (χ2n) is 15.7. The Morgan fingerprint density at radius 1 is 0.536 bits per heavy atom. The van der Waals surface area contributed by atoms with Crippen LogP contribution in [0.5, 0.6) is 0 Å². The van der Waals surface area contributed by atoms with E-state index in [1.165, 1.54) is 39.5 Å². The number of hydrogen-bond donors (Lipinski definition) is 8. The Kier molecular flexibility index (Phi) is 24.5. The van der Waals surface area contributed by atoms with Gasteiger partial charge in [0.25, 0.3) is 0 Å². The topological polar surface area (TPSA) is 298 Å². The number of amides is 10. The third-order valence-corrected chi connectivity index (χ3v) is 14.8. The number of nitrogens with zero attached hydrogens (tertiary/aromatic N) is 8. The molecule has 0 radical (unpaired) electrons. The molecule has 69 heavy (non-hydrogen) atoms. The zero-order valence-electron chi connectivity index (χ0n) is 39.0. The molecule has 27 heteroatoms. The highest BCUT2D eigenvalue weighted by molar-refractivity contribution is 8.76. The van der Waals surface area contributed by atoms with Gasteiger partial charge in [-0.25, -0.2) is 14.4 Å². The molecule has 0 aromatic heterocycles. The number of hydrogen-bond acceptors (Lipinski definition) is 17. The Hall–Kier alpha value is -5.03. The molecule has 12 N–H and O–H groups in total. The molecule has 4 atom stereocenters. The molecule has 0 aromatic rings. The number of rotatable bonds is 30. The van der Waals surface area contributed by atoms with Crippen LogP contribution in [0.2, 0.25) is 0 Å². The molecule has 0 saturated heterocycles. The predicted molar refractivity (Wildman–Crippen MR) is 275 cm³/mol. The Bertz CT molecular complexity index is 1930. The van der Waals surface area contributed by atoms with Gasteiger partial charge in [-0.3, -0.25) is 33.9 Å². The molecule has 0 aliphatic carbocycles. The number of thioether (sulfide) groups is 2. The molecule has 0 spiro atoms. The fourth-order valence-electron chi connectivity index (χ4n) is 6.69. The maximum absolute atomic E-state index is 13.6. The van der Waals surface area contributed by atoms with Crippen molar-refractivity contribution in [2.45, 2.75) is 38.0 Å². The van der Waals surface area contributed by atoms with Crippen LogP contribution in [0.25, 0.3) is 0 Å². The van der Waals surface area contributed by atoms with Crippen LogP contribution in [0.4, 0.5) is 14.4 Å². The van der Waals surface area contributed by atoms with E-state index in [1.807, 2.05) is 6.92 Å². The molecule has 4 rings (SSSR count). The Morgan fingerprint density at radius 3 is 1.23 bits per heavy atom. The molecule has 0 bridgehead atoms. The lowest BCUT2D eigenvalue weighted by molar-refractivity contribution is -0.131. The van der Waals surface area contributed by atoms with E-state index in [0.717, 1.165) is 6.42 Å². The summed E-state index contributed by atoms with van der Waals surface area (Å²) in [7, 11) is 3.10. The minimum Gasteiger partial charge on any atom is -0.353 e. The number of urea groups is 3. The number of carbonyl (C=O) groups is 7. The van der Waals surface area contributed by atoms with Crippen LogP contribution >= 0.6 is 45.1 Å². The van der Waals surface area contributed by atoms with Crippen LogP contribution in [-0.4, -0.2) is 212 Å². The number of nitrogens with one attached hydrogen (secondary N) is 4. The molecule has 23 nitrogen and oxygen atoms in total. The average molecular weight is 1040 g/mol. The molecule has 0 saturated carbocycles. The first kappa shape index (κ1) is 56.6. The SMILES string of the molecule is C=CN(CCSCCN(CCSSCCN(CCSCCN(CCC)C(=O)CN1C=CC(N)NC1=O)C(=O)CN1C=CC(N)NC1=O)C(=O)CN1C=CC(N)NC1=O)C(=O)CN1C=CC(N)NC1=C. The quantitative estimate of drug-likeness (QED) is 0.0328. The van der Waals surface area contributed by atoms with Gasteiger partial charge in [0.15, 0.2) is 0 Å². The third-order valence-electron chi connectivity index (χ3n) is 10.5. The monoisotopic (exact) mass is 1040 g/mol. The fraction of sp³-hybridized carbons (Fsp3) is 0.548. The summed E-state index contributed by atoms with van der Waals surface area (Å²) < 4.78 is 0. The first-order valence-corrected chi connectivity index (χ1v) is 27.2. The molecule has 0 fully saturated rings. The van der Waals surface area contributed by atoms with Gasteiger partial charge in [-0.05, 0) is 36.9 Å². The van der Waals surface area contributed by atoms with Crippen molar-refractivity contribution in [1.82, 2.24) is 60.5 Å². The minimum absolute atomic E-state index is 0.0625. The maximum Gasteiger partial charge on any atom is 0.323 e. The minimum atomic E-state index is -0.639. The van der Waals surface area contributed by atoms with E-state index >= 15 is 0 Å². The van der Waals surface area contributed by atoms with Crippen LogP contribution in [0.1, 0.15) is 13.3 Å². The molecule has 4 aliphatic heterocycles. The van der Waals surface area contributed by atoms with Gasteiger partial charge in [0.1, 0.15) is 26.2 Å². The third kappa shape index (κ3) is 19.7. The smallest absolute Gasteiger partial charge is 0.323 e. The lowest BCUT2D eigenvalue weighted by Crippen LogP contribution is -2.52. The van der Waals surface area contributed by atoms with Crippen LogP contribution in [-0.2, 0) is 19.2 Å². The summed E-state index contributed by atoms with van der Waals surface area (Å²) in [5.41, 5.74) is 23.2. The summed E-state index contributed by atoms with van der Waals surface area (Å²) in [6.07, 6.45) is 12.8. The van der Waals surface area contributed by atoms with Crippen molar-refractivity contribution in [3.63, 3.8) is 0 Å². The van der Waals surface area contributed by atoms with Crippen molar-refractivity contribution in [1.29, 1.82) is 0 Å². The van der Waals surface area contributed by atoms with Crippen molar-refractivity contribution >= 4 is 86.8 Å². The zero-order valence-corrected chi connectivity index (χ0v) is 42.3. The summed E-state index contributed by atoms with van der Waals surface area (Å²) in [6, 6.07) is -1.37. The van der Waals surface area contributed by atoms with Gasteiger partial charge in [-0.15, -0.1) is 0 Å². The van der Waals surface area contributed by atoms with Gasteiger partial charge >= 0.3 is 18.1 Å². The van der Waals surface area contributed by atoms with Crippen molar-refractivity contribution in [3.05, 3.63) is 74.3 Å². The highest BCUT2D eigenvalue weighted by Gasteiger charge is 2.27. The van der Waals surface area contributed by atoms with Gasteiger partial charge in [0.05, 0.1) is 30.5 Å². The van der Waals surface area contributed by atoms with Crippen LogP contribution in [0.15, 0.2) is 74.3 Å². The zero-order chi connectivity index (χ0) is 50.3. The van der Waals surface area contributed by atoms with E-state index in [2.05, 4.69) is 34.4 Å². The van der Waals surface area contributed by atoms with Crippen molar-refractivity contribution in [2.75, 3.05) is 107 Å². The average Bonchev–Trinajstić information content (AvgIpc) is 3.30. The van der Waals surface area contributed by atoms with Crippen molar-refractivity contribution in [2.24, 2.45) is 22.9 Å². The van der Waals surface area contributed by atoms with Crippen LogP contribution in [0, 0.1) is 0 Å². The Labute approximate surface area is 420 Å². The maximum atomic E-state index is 13.6. The van der Waals surface area contributed by atoms with E-state index in [4.69, 9.17) is 22.9 Å². The lowest BCUT2D eigenvalue weighted by Gasteiger charge is -2.31. The summed E-state index contributed by atoms with van der Waals surface area (Å²) in [5.74, 6) is 3.15. The van der Waals surface area contributed by atoms with Gasteiger partial charge in [0.2, 0.25) is 23.6 Å². The normalized spacial score (nSPS) is 19.7. The van der Waals surface area contributed by atoms with E-state index in [-0.39, 0.29) is 56.0 Å². The van der Waals surface area contributed by atoms with E-state index in [9.17, 15) is 33.6 Å². The lowest BCUT2D eigenvalue weighted by atomic mass is 10.3. The van der Waals surface area contributed by atoms with Crippen molar-refractivity contribution < 1.29 is 33.6 Å². The first-order chi connectivity index (χ1) is 33.1. The largest absolute Gasteiger partial charge is 0.353 e. The predicted octanol–water partition coefficient (Wildman–Crippen LogP) is -0.652. The molecule has 4 aliphatic rings. The molecule has 0 aromatic carbocycles. The molecule has 382 valence electrons. The van der Waals surface area contributed by atoms with Gasteiger partial charge in [-0.1, -0.05) is 41.7 Å². The van der Waals surface area contributed by atoms with Crippen LogP contribution in [0.3, 0.4) is 0 Å². The number of carbonyl (C=O) groups excluding carboxylic acids is 7. The second-order valence-corrected chi connectivity index (χ2v) is 20.9. The summed E-state index contributed by atoms with van der Waals surface area (Å²) in [5, 5.41) is 10.7. The summed E-state index contributed by atoms with van der Waals surface area (Å²) >= 11 is 3.17. The van der Waals surface area contributed by atoms with E-state index in [0.29, 0.717) is 86.2 Å². The Morgan fingerprint density at radius 2 is 0.870 bits per heavy atom. The van der Waals surface area contributed by atoms with E-state index in [1.54, 1.807) is 100 Å². The molecule has 4 heterocycles. The highest BCUT2D eigenvalue weighted by Crippen LogP contribution is 2.22. The molecular formula is C42H68N16O7S4. The summed E-state index contributed by atoms with van der Waals surface area (Å²) in [6.45, 7) is 12.3. The first-order valence-electron chi connectivity index (χ1n) is 22.4. The van der Waals surface area contributed by atoms with Crippen LogP contribution < -0.4 is 44.2 Å². The molecule has 4 unspecified atom stereocenters. The van der Waals surface area contributed by atoms with Crippen molar-refractivity contribution in [3.8, 4) is 0 Å². The van der Waals surface area contributed by atoms with Gasteiger partial charge in [0, 0.05) is 105 Å². The number of nitrogens with two attached hydrogens (primary N) is 4. The highest BCUT2D eigenvalue weighted by atomic mass is 33.1. The Balaban J connectivity index is 1.26. The standard InChI is InChI=1S/C42H68N16O7S4/c1-4-10-52(37(60)28-56-12-7-33(44)48-40(56)63)16-22-67-24-18-54(39(62)30-58-14-9-35(46)50-42(58)65)20-26-69-68-25-19-53(38(61)29-57-13-8-34(45)49-41(57)64)17-23-66-21-15-51(5-2)36(59)27-55-11-6-32(43)47-31(55)3/h5-9,11-14,32-35,47H,2-4,10,15-30,43-46H2,1H3,(H,48,63)(H,49,64)(H,50,65). The second kappa shape index (κ2) is 29.9. The van der Waals surface area contributed by atoms with E-state index < -0.39 is 36.6 Å². The molecular weight excluding hydrogens is 969 g/mol. The fourth-order valence-corrected chi connectivity index (χ4v) is 10.5. The van der Waals surface area contributed by atoms with Gasteiger partial charge in [-0.2, -0.15) is 23.5 Å².